The van der Waals surface area contributed by atoms with Crippen molar-refractivity contribution in [2.45, 2.75) is 30.6 Å². The first kappa shape index (κ1) is 20.9. The Bertz CT molecular complexity index is 1160. The zero-order valence-electron chi connectivity index (χ0n) is 16.7. The molecule has 0 saturated carbocycles. The lowest BCUT2D eigenvalue weighted by atomic mass is 10.0. The van der Waals surface area contributed by atoms with Crippen molar-refractivity contribution in [1.82, 2.24) is 14.5 Å². The minimum absolute atomic E-state index is 0.0640. The van der Waals surface area contributed by atoms with Gasteiger partial charge >= 0.3 is 0 Å². The number of methoxy groups -OCH3 is 1. The van der Waals surface area contributed by atoms with Gasteiger partial charge in [-0.05, 0) is 55.7 Å². The van der Waals surface area contributed by atoms with E-state index in [1.165, 1.54) is 21.7 Å². The van der Waals surface area contributed by atoms with Crippen molar-refractivity contribution < 1.29 is 17.5 Å². The molecule has 0 N–H and O–H groups in total. The lowest BCUT2D eigenvalue weighted by molar-refractivity contribution is 0.314. The van der Waals surface area contributed by atoms with Crippen molar-refractivity contribution in [1.29, 1.82) is 0 Å². The molecule has 6 nitrogen and oxygen atoms in total. The Morgan fingerprint density at radius 2 is 2.00 bits per heavy atom. The molecule has 0 radical (unpaired) electrons. The fourth-order valence-electron chi connectivity index (χ4n) is 3.67. The molecule has 0 spiro atoms. The van der Waals surface area contributed by atoms with Crippen molar-refractivity contribution in [3.63, 3.8) is 0 Å². The molecule has 0 bridgehead atoms. The first-order chi connectivity index (χ1) is 14.4. The molecular weight excluding hydrogens is 425 g/mol. The summed E-state index contributed by atoms with van der Waals surface area (Å²) in [7, 11) is -2.07. The molecule has 1 aliphatic heterocycles. The van der Waals surface area contributed by atoms with Gasteiger partial charge < -0.3 is 4.74 Å². The van der Waals surface area contributed by atoms with Crippen molar-refractivity contribution in [3.05, 3.63) is 58.9 Å². The standard InChI is InChI=1S/C21H22FN3O3S2/c1-14-12-16(9-10-19(14)28-2)30(26,27)25-11-5-6-15(13-25)20-23-24-21(29-20)17-7-3-4-8-18(17)22/h3-4,7-10,12,15H,5-6,11,13H2,1-2H3. The van der Waals surface area contributed by atoms with E-state index in [-0.39, 0.29) is 16.6 Å². The highest BCUT2D eigenvalue weighted by atomic mass is 32.2. The number of aryl methyl sites for hydroxylation is 1. The third-order valence-electron chi connectivity index (χ3n) is 5.28. The Morgan fingerprint density at radius 3 is 2.73 bits per heavy atom. The monoisotopic (exact) mass is 447 g/mol. The second kappa shape index (κ2) is 8.41. The van der Waals surface area contributed by atoms with E-state index < -0.39 is 10.0 Å². The number of rotatable bonds is 5. The molecule has 0 aliphatic carbocycles. The van der Waals surface area contributed by atoms with Gasteiger partial charge in [0.15, 0.2) is 5.01 Å². The Morgan fingerprint density at radius 1 is 1.20 bits per heavy atom. The Balaban J connectivity index is 1.56. The summed E-state index contributed by atoms with van der Waals surface area (Å²) in [5.41, 5.74) is 1.18. The van der Waals surface area contributed by atoms with Crippen LogP contribution in [0.5, 0.6) is 5.75 Å². The van der Waals surface area contributed by atoms with Gasteiger partial charge in [-0.25, -0.2) is 12.8 Å². The van der Waals surface area contributed by atoms with Crippen LogP contribution in [-0.2, 0) is 10.0 Å². The quantitative estimate of drug-likeness (QED) is 0.585. The summed E-state index contributed by atoms with van der Waals surface area (Å²) in [6, 6.07) is 11.3. The summed E-state index contributed by atoms with van der Waals surface area (Å²) in [6.45, 7) is 2.62. The number of benzene rings is 2. The number of hydrogen-bond donors (Lipinski definition) is 0. The number of piperidine rings is 1. The van der Waals surface area contributed by atoms with E-state index >= 15 is 0 Å². The molecule has 9 heteroatoms. The number of ether oxygens (including phenoxy) is 1. The molecule has 2 heterocycles. The molecule has 3 aromatic rings. The van der Waals surface area contributed by atoms with E-state index in [1.54, 1.807) is 43.5 Å². The molecule has 4 rings (SSSR count). The van der Waals surface area contributed by atoms with Crippen LogP contribution in [0.1, 0.15) is 29.3 Å². The van der Waals surface area contributed by atoms with Gasteiger partial charge in [0.05, 0.1) is 12.0 Å². The minimum Gasteiger partial charge on any atom is -0.496 e. The highest BCUT2D eigenvalue weighted by molar-refractivity contribution is 7.89. The first-order valence-corrected chi connectivity index (χ1v) is 11.9. The number of hydrogen-bond acceptors (Lipinski definition) is 6. The number of nitrogens with zero attached hydrogens (tertiary/aromatic N) is 3. The number of sulfonamides is 1. The Kier molecular flexibility index (Phi) is 5.86. The van der Waals surface area contributed by atoms with Crippen LogP contribution < -0.4 is 4.74 Å². The average Bonchev–Trinajstić information content (AvgIpc) is 3.24. The van der Waals surface area contributed by atoms with Crippen LogP contribution in [0, 0.1) is 12.7 Å². The Labute approximate surface area is 179 Å². The van der Waals surface area contributed by atoms with Crippen LogP contribution >= 0.6 is 11.3 Å². The smallest absolute Gasteiger partial charge is 0.243 e. The van der Waals surface area contributed by atoms with Crippen LogP contribution in [0.2, 0.25) is 0 Å². The summed E-state index contributed by atoms with van der Waals surface area (Å²) < 4.78 is 47.2. The van der Waals surface area contributed by atoms with E-state index in [4.69, 9.17) is 4.74 Å². The molecule has 0 amide bonds. The van der Waals surface area contributed by atoms with Crippen LogP contribution in [-0.4, -0.2) is 43.1 Å². The van der Waals surface area contributed by atoms with Crippen LogP contribution in [0.3, 0.4) is 0 Å². The normalized spacial score (nSPS) is 17.8. The van der Waals surface area contributed by atoms with E-state index in [0.29, 0.717) is 29.4 Å². The third-order valence-corrected chi connectivity index (χ3v) is 8.26. The average molecular weight is 448 g/mol. The first-order valence-electron chi connectivity index (χ1n) is 9.63. The topological polar surface area (TPSA) is 72.4 Å². The highest BCUT2D eigenvalue weighted by Crippen LogP contribution is 2.35. The maximum absolute atomic E-state index is 14.1. The minimum atomic E-state index is -3.63. The zero-order chi connectivity index (χ0) is 21.3. The maximum atomic E-state index is 14.1. The second-order valence-electron chi connectivity index (χ2n) is 7.26. The maximum Gasteiger partial charge on any atom is 0.243 e. The van der Waals surface area contributed by atoms with E-state index in [0.717, 1.165) is 23.4 Å². The number of halogens is 1. The summed E-state index contributed by atoms with van der Waals surface area (Å²) in [5, 5.41) is 9.64. The van der Waals surface area contributed by atoms with E-state index in [9.17, 15) is 12.8 Å². The molecule has 2 aromatic carbocycles. The fourth-order valence-corrected chi connectivity index (χ4v) is 6.27. The molecule has 1 aliphatic rings. The van der Waals surface area contributed by atoms with Crippen molar-refractivity contribution in [2.24, 2.45) is 0 Å². The zero-order valence-corrected chi connectivity index (χ0v) is 18.3. The van der Waals surface area contributed by atoms with Gasteiger partial charge in [0.2, 0.25) is 10.0 Å². The SMILES string of the molecule is COc1ccc(S(=O)(=O)N2CCCC(c3nnc(-c4ccccc4F)s3)C2)cc1C. The number of aromatic nitrogens is 2. The lowest BCUT2D eigenvalue weighted by Crippen LogP contribution is -2.39. The molecule has 1 aromatic heterocycles. The predicted octanol–water partition coefficient (Wildman–Crippen LogP) is 4.23. The molecule has 158 valence electrons. The molecule has 1 saturated heterocycles. The molecule has 30 heavy (non-hydrogen) atoms. The summed E-state index contributed by atoms with van der Waals surface area (Å²) in [6.07, 6.45) is 1.55. The van der Waals surface area contributed by atoms with Gasteiger partial charge in [0.1, 0.15) is 16.6 Å². The summed E-state index contributed by atoms with van der Waals surface area (Å²) in [5.74, 6) is 0.244. The third kappa shape index (κ3) is 3.97. The molecule has 1 fully saturated rings. The molecular formula is C21H22FN3O3S2. The van der Waals surface area contributed by atoms with Crippen molar-refractivity contribution >= 4 is 21.4 Å². The molecule has 1 atom stereocenters. The van der Waals surface area contributed by atoms with Gasteiger partial charge in [0, 0.05) is 24.6 Å². The van der Waals surface area contributed by atoms with Gasteiger partial charge in [-0.2, -0.15) is 4.31 Å². The van der Waals surface area contributed by atoms with Gasteiger partial charge in [-0.15, -0.1) is 10.2 Å². The van der Waals surface area contributed by atoms with E-state index in [2.05, 4.69) is 10.2 Å². The van der Waals surface area contributed by atoms with Crippen molar-refractivity contribution in [3.8, 4) is 16.3 Å². The lowest BCUT2D eigenvalue weighted by Gasteiger charge is -2.30. The Hall–Kier alpha value is -2.36. The van der Waals surface area contributed by atoms with Gasteiger partial charge in [-0.1, -0.05) is 23.5 Å². The van der Waals surface area contributed by atoms with E-state index in [1.807, 2.05) is 6.92 Å². The van der Waals surface area contributed by atoms with Crippen LogP contribution in [0.15, 0.2) is 47.4 Å². The highest BCUT2D eigenvalue weighted by Gasteiger charge is 2.33. The van der Waals surface area contributed by atoms with Crippen molar-refractivity contribution in [2.75, 3.05) is 20.2 Å². The fraction of sp³-hybridized carbons (Fsp3) is 0.333. The molecule has 1 unspecified atom stereocenters. The van der Waals surface area contributed by atoms with Gasteiger partial charge in [0.25, 0.3) is 0 Å². The van der Waals surface area contributed by atoms with Crippen LogP contribution in [0.25, 0.3) is 10.6 Å². The largest absolute Gasteiger partial charge is 0.496 e. The van der Waals surface area contributed by atoms with Gasteiger partial charge in [-0.3, -0.25) is 0 Å². The predicted molar refractivity (Wildman–Crippen MR) is 114 cm³/mol. The second-order valence-corrected chi connectivity index (χ2v) is 10.2. The van der Waals surface area contributed by atoms with Crippen LogP contribution in [0.4, 0.5) is 4.39 Å². The summed E-state index contributed by atoms with van der Waals surface area (Å²) >= 11 is 1.32. The summed E-state index contributed by atoms with van der Waals surface area (Å²) in [4.78, 5) is 0.255.